The molecule has 0 aliphatic heterocycles. The predicted molar refractivity (Wildman–Crippen MR) is 67.4 cm³/mol. The molecular weight excluding hydrogens is 238 g/mol. The van der Waals surface area contributed by atoms with Crippen LogP contribution in [-0.4, -0.2) is 32.5 Å². The summed E-state index contributed by atoms with van der Waals surface area (Å²) in [6, 6.07) is 2.87. The van der Waals surface area contributed by atoms with Gasteiger partial charge in [0.05, 0.1) is 12.6 Å². The maximum Gasteiger partial charge on any atom is 0.252 e. The van der Waals surface area contributed by atoms with E-state index in [0.29, 0.717) is 10.8 Å². The van der Waals surface area contributed by atoms with Crippen LogP contribution in [0, 0.1) is 0 Å². The van der Waals surface area contributed by atoms with Gasteiger partial charge in [-0.25, -0.2) is 9.97 Å². The summed E-state index contributed by atoms with van der Waals surface area (Å²) in [5.74, 6) is 0. The minimum absolute atomic E-state index is 0.0996. The van der Waals surface area contributed by atoms with Crippen molar-refractivity contribution in [2.24, 2.45) is 0 Å². The second-order valence-electron chi connectivity index (χ2n) is 3.71. The Hall–Kier alpha value is -1.40. The SMILES string of the molecule is CSc1ncc2ccc(=O)n(C(C)CO)c2n1. The smallest absolute Gasteiger partial charge is 0.252 e. The van der Waals surface area contributed by atoms with Crippen LogP contribution >= 0.6 is 11.8 Å². The molecule has 1 N–H and O–H groups in total. The molecular formula is C11H13N3O2S. The van der Waals surface area contributed by atoms with Crippen molar-refractivity contribution in [1.29, 1.82) is 0 Å². The topological polar surface area (TPSA) is 68.0 Å². The van der Waals surface area contributed by atoms with Crippen LogP contribution in [0.15, 0.2) is 28.3 Å². The third-order valence-corrected chi connectivity index (χ3v) is 3.09. The third kappa shape index (κ3) is 2.18. The molecule has 0 amide bonds. The number of fused-ring (bicyclic) bond motifs is 1. The minimum atomic E-state index is -0.296. The van der Waals surface area contributed by atoms with Gasteiger partial charge < -0.3 is 5.11 Å². The summed E-state index contributed by atoms with van der Waals surface area (Å²) in [6.07, 6.45) is 3.57. The van der Waals surface area contributed by atoms with Crippen molar-refractivity contribution in [3.05, 3.63) is 28.7 Å². The number of hydrogen-bond acceptors (Lipinski definition) is 5. The van der Waals surface area contributed by atoms with Crippen LogP contribution in [0.2, 0.25) is 0 Å². The molecule has 17 heavy (non-hydrogen) atoms. The van der Waals surface area contributed by atoms with Gasteiger partial charge in [-0.3, -0.25) is 9.36 Å². The standard InChI is InChI=1S/C11H13N3O2S/c1-7(6-15)14-9(16)4-3-8-5-12-11(17-2)13-10(8)14/h3-5,7,15H,6H2,1-2H3. The molecule has 0 fully saturated rings. The molecule has 90 valence electrons. The largest absolute Gasteiger partial charge is 0.394 e. The molecule has 0 spiro atoms. The highest BCUT2D eigenvalue weighted by Crippen LogP contribution is 2.16. The Labute approximate surface area is 103 Å². The van der Waals surface area contributed by atoms with Gasteiger partial charge in [-0.05, 0) is 19.2 Å². The van der Waals surface area contributed by atoms with Gasteiger partial charge in [0.1, 0.15) is 5.65 Å². The van der Waals surface area contributed by atoms with Crippen LogP contribution in [0.3, 0.4) is 0 Å². The Balaban J connectivity index is 2.77. The normalized spacial score (nSPS) is 12.9. The zero-order valence-corrected chi connectivity index (χ0v) is 10.4. The van der Waals surface area contributed by atoms with Crippen LogP contribution in [0.25, 0.3) is 11.0 Å². The van der Waals surface area contributed by atoms with Crippen molar-refractivity contribution in [1.82, 2.24) is 14.5 Å². The van der Waals surface area contributed by atoms with Crippen LogP contribution in [0.5, 0.6) is 0 Å². The van der Waals surface area contributed by atoms with Gasteiger partial charge >= 0.3 is 0 Å². The number of hydrogen-bond donors (Lipinski definition) is 1. The summed E-state index contributed by atoms with van der Waals surface area (Å²) in [6.45, 7) is 1.68. The zero-order chi connectivity index (χ0) is 12.4. The van der Waals surface area contributed by atoms with E-state index in [1.165, 1.54) is 22.4 Å². The molecule has 5 nitrogen and oxygen atoms in total. The zero-order valence-electron chi connectivity index (χ0n) is 9.62. The highest BCUT2D eigenvalue weighted by Gasteiger charge is 2.11. The summed E-state index contributed by atoms with van der Waals surface area (Å²) in [5, 5.41) is 10.6. The first-order chi connectivity index (χ1) is 8.17. The fourth-order valence-corrected chi connectivity index (χ4v) is 1.96. The van der Waals surface area contributed by atoms with E-state index in [1.807, 2.05) is 6.26 Å². The van der Waals surface area contributed by atoms with E-state index in [9.17, 15) is 9.90 Å². The lowest BCUT2D eigenvalue weighted by Crippen LogP contribution is -2.25. The Kier molecular flexibility index (Phi) is 3.44. The van der Waals surface area contributed by atoms with Crippen LogP contribution in [-0.2, 0) is 0 Å². The average Bonchev–Trinajstić information content (AvgIpc) is 2.37. The lowest BCUT2D eigenvalue weighted by molar-refractivity contribution is 0.238. The van der Waals surface area contributed by atoms with Gasteiger partial charge in [0.2, 0.25) is 0 Å². The Morgan fingerprint density at radius 1 is 1.53 bits per heavy atom. The molecule has 2 aromatic heterocycles. The van der Waals surface area contributed by atoms with E-state index < -0.39 is 0 Å². The second-order valence-corrected chi connectivity index (χ2v) is 4.48. The maximum absolute atomic E-state index is 11.8. The average molecular weight is 251 g/mol. The van der Waals surface area contributed by atoms with E-state index in [4.69, 9.17) is 0 Å². The van der Waals surface area contributed by atoms with Gasteiger partial charge in [0.15, 0.2) is 5.16 Å². The van der Waals surface area contributed by atoms with Gasteiger partial charge in [-0.2, -0.15) is 0 Å². The molecule has 2 heterocycles. The first-order valence-corrected chi connectivity index (χ1v) is 6.43. The minimum Gasteiger partial charge on any atom is -0.394 e. The lowest BCUT2D eigenvalue weighted by Gasteiger charge is -2.14. The number of thioether (sulfide) groups is 1. The molecule has 0 aliphatic rings. The summed E-state index contributed by atoms with van der Waals surface area (Å²) >= 11 is 1.42. The van der Waals surface area contributed by atoms with Crippen molar-refractivity contribution >= 4 is 22.8 Å². The van der Waals surface area contributed by atoms with E-state index >= 15 is 0 Å². The number of aliphatic hydroxyl groups is 1. The van der Waals surface area contributed by atoms with Gasteiger partial charge in [0.25, 0.3) is 5.56 Å². The van der Waals surface area contributed by atoms with Crippen molar-refractivity contribution in [3.63, 3.8) is 0 Å². The Morgan fingerprint density at radius 2 is 2.29 bits per heavy atom. The van der Waals surface area contributed by atoms with E-state index in [0.717, 1.165) is 5.39 Å². The summed E-state index contributed by atoms with van der Waals surface area (Å²) in [4.78, 5) is 20.3. The number of pyridine rings is 1. The first-order valence-electron chi connectivity index (χ1n) is 5.20. The van der Waals surface area contributed by atoms with Gasteiger partial charge in [0, 0.05) is 17.6 Å². The molecule has 0 aromatic carbocycles. The molecule has 0 bridgehead atoms. The quantitative estimate of drug-likeness (QED) is 0.652. The van der Waals surface area contributed by atoms with Crippen LogP contribution < -0.4 is 5.56 Å². The van der Waals surface area contributed by atoms with Crippen molar-refractivity contribution < 1.29 is 5.11 Å². The molecule has 0 aliphatic carbocycles. The fourth-order valence-electron chi connectivity index (χ4n) is 1.63. The molecule has 1 atom stereocenters. The Morgan fingerprint density at radius 3 is 2.94 bits per heavy atom. The molecule has 6 heteroatoms. The van der Waals surface area contributed by atoms with Crippen molar-refractivity contribution in [2.45, 2.75) is 18.1 Å². The Bertz CT molecular complexity index is 597. The van der Waals surface area contributed by atoms with Crippen molar-refractivity contribution in [2.75, 3.05) is 12.9 Å². The third-order valence-electron chi connectivity index (χ3n) is 2.53. The number of nitrogens with zero attached hydrogens (tertiary/aromatic N) is 3. The summed E-state index contributed by atoms with van der Waals surface area (Å²) in [5.41, 5.74) is 0.406. The maximum atomic E-state index is 11.8. The molecule has 0 saturated carbocycles. The second kappa shape index (κ2) is 4.85. The monoisotopic (exact) mass is 251 g/mol. The molecule has 0 saturated heterocycles. The summed E-state index contributed by atoms with van der Waals surface area (Å²) < 4.78 is 1.50. The molecule has 0 radical (unpaired) electrons. The van der Waals surface area contributed by atoms with E-state index in [-0.39, 0.29) is 18.2 Å². The van der Waals surface area contributed by atoms with Gasteiger partial charge in [-0.15, -0.1) is 0 Å². The van der Waals surface area contributed by atoms with E-state index in [2.05, 4.69) is 9.97 Å². The summed E-state index contributed by atoms with van der Waals surface area (Å²) in [7, 11) is 0. The highest BCUT2D eigenvalue weighted by molar-refractivity contribution is 7.98. The lowest BCUT2D eigenvalue weighted by atomic mass is 10.3. The van der Waals surface area contributed by atoms with Crippen molar-refractivity contribution in [3.8, 4) is 0 Å². The molecule has 2 rings (SSSR count). The number of aromatic nitrogens is 3. The van der Waals surface area contributed by atoms with Gasteiger partial charge in [-0.1, -0.05) is 11.8 Å². The van der Waals surface area contributed by atoms with E-state index in [1.54, 1.807) is 19.2 Å². The predicted octanol–water partition coefficient (Wildman–Crippen LogP) is 1.07. The molecule has 1 unspecified atom stereocenters. The van der Waals surface area contributed by atoms with Crippen LogP contribution in [0.4, 0.5) is 0 Å². The fraction of sp³-hybridized carbons (Fsp3) is 0.364. The van der Waals surface area contributed by atoms with Crippen LogP contribution in [0.1, 0.15) is 13.0 Å². The highest BCUT2D eigenvalue weighted by atomic mass is 32.2. The first kappa shape index (κ1) is 12.1. The molecule has 2 aromatic rings. The number of aliphatic hydroxyl groups excluding tert-OH is 1. The number of rotatable bonds is 3.